The van der Waals surface area contributed by atoms with Crippen LogP contribution in [0.1, 0.15) is 35.4 Å². The van der Waals surface area contributed by atoms with Crippen LogP contribution >= 0.6 is 0 Å². The van der Waals surface area contributed by atoms with Crippen LogP contribution in [-0.2, 0) is 13.0 Å². The van der Waals surface area contributed by atoms with Crippen LogP contribution in [0.2, 0.25) is 0 Å². The Hall–Kier alpha value is -1.68. The summed E-state index contributed by atoms with van der Waals surface area (Å²) in [6, 6.07) is 6.35. The second-order valence-corrected chi connectivity index (χ2v) is 4.69. The van der Waals surface area contributed by atoms with Gasteiger partial charge in [0.25, 0.3) is 0 Å². The average molecular weight is 245 g/mol. The summed E-state index contributed by atoms with van der Waals surface area (Å²) in [6.45, 7) is 6.85. The summed E-state index contributed by atoms with van der Waals surface area (Å²) >= 11 is 0. The molecule has 0 amide bonds. The van der Waals surface area contributed by atoms with E-state index in [1.165, 1.54) is 11.1 Å². The Balaban J connectivity index is 2.18. The summed E-state index contributed by atoms with van der Waals surface area (Å²) in [5.74, 6) is 0. The van der Waals surface area contributed by atoms with E-state index in [0.29, 0.717) is 6.42 Å². The van der Waals surface area contributed by atoms with Crippen LogP contribution in [0.4, 0.5) is 0 Å². The topological polar surface area (TPSA) is 50.9 Å². The van der Waals surface area contributed by atoms with Crippen LogP contribution in [0.3, 0.4) is 0 Å². The molecule has 2 aromatic rings. The minimum Gasteiger partial charge on any atom is -0.386 e. The number of nitrogens with zero attached hydrogens (tertiary/aromatic N) is 3. The van der Waals surface area contributed by atoms with Crippen molar-refractivity contribution < 1.29 is 5.11 Å². The quantitative estimate of drug-likeness (QED) is 0.898. The summed E-state index contributed by atoms with van der Waals surface area (Å²) in [5, 5.41) is 18.0. The predicted octanol–water partition coefficient (Wildman–Crippen LogP) is 2.19. The summed E-state index contributed by atoms with van der Waals surface area (Å²) in [6.07, 6.45) is 1.67. The standard InChI is InChI=1S/C14H19N3O/c1-4-17-13(9-15-16-17)14(18)8-12-6-10(2)5-11(3)7-12/h5-7,9,14,18H,4,8H2,1-3H3. The first-order valence-corrected chi connectivity index (χ1v) is 6.23. The van der Waals surface area contributed by atoms with Gasteiger partial charge in [-0.25, -0.2) is 4.68 Å². The van der Waals surface area contributed by atoms with E-state index in [-0.39, 0.29) is 0 Å². The van der Waals surface area contributed by atoms with E-state index in [4.69, 9.17) is 0 Å². The van der Waals surface area contributed by atoms with Gasteiger partial charge < -0.3 is 5.11 Å². The van der Waals surface area contributed by atoms with Gasteiger partial charge in [-0.05, 0) is 26.3 Å². The number of rotatable bonds is 4. The van der Waals surface area contributed by atoms with E-state index in [1.54, 1.807) is 10.9 Å². The van der Waals surface area contributed by atoms with Gasteiger partial charge in [-0.15, -0.1) is 5.10 Å². The molecule has 0 aliphatic carbocycles. The van der Waals surface area contributed by atoms with Crippen molar-refractivity contribution in [1.29, 1.82) is 0 Å². The number of benzene rings is 1. The first kappa shape index (κ1) is 12.8. The summed E-state index contributed by atoms with van der Waals surface area (Å²) in [4.78, 5) is 0. The molecular weight excluding hydrogens is 226 g/mol. The number of hydrogen-bond donors (Lipinski definition) is 1. The van der Waals surface area contributed by atoms with E-state index in [2.05, 4.69) is 42.4 Å². The maximum Gasteiger partial charge on any atom is 0.101 e. The van der Waals surface area contributed by atoms with Crippen LogP contribution < -0.4 is 0 Å². The van der Waals surface area contributed by atoms with E-state index in [0.717, 1.165) is 17.8 Å². The lowest BCUT2D eigenvalue weighted by atomic mass is 10.0. The molecule has 96 valence electrons. The maximum atomic E-state index is 10.3. The molecular formula is C14H19N3O. The predicted molar refractivity (Wildman–Crippen MR) is 70.3 cm³/mol. The number of aryl methyl sites for hydroxylation is 3. The van der Waals surface area contributed by atoms with Crippen LogP contribution in [0.15, 0.2) is 24.4 Å². The van der Waals surface area contributed by atoms with Crippen molar-refractivity contribution in [2.24, 2.45) is 0 Å². The normalized spacial score (nSPS) is 12.7. The van der Waals surface area contributed by atoms with Gasteiger partial charge in [-0.1, -0.05) is 34.5 Å². The molecule has 0 aliphatic heterocycles. The highest BCUT2D eigenvalue weighted by Crippen LogP contribution is 2.19. The Morgan fingerprint density at radius 3 is 2.50 bits per heavy atom. The van der Waals surface area contributed by atoms with Crippen molar-refractivity contribution in [3.63, 3.8) is 0 Å². The van der Waals surface area contributed by atoms with Crippen LogP contribution in [0, 0.1) is 13.8 Å². The molecule has 1 heterocycles. The van der Waals surface area contributed by atoms with E-state index in [1.807, 2.05) is 6.92 Å². The molecule has 4 nitrogen and oxygen atoms in total. The lowest BCUT2D eigenvalue weighted by Crippen LogP contribution is -2.10. The Kier molecular flexibility index (Phi) is 3.77. The Labute approximate surface area is 107 Å². The van der Waals surface area contributed by atoms with Gasteiger partial charge in [0, 0.05) is 13.0 Å². The minimum absolute atomic E-state index is 0.554. The van der Waals surface area contributed by atoms with Crippen molar-refractivity contribution in [3.05, 3.63) is 46.8 Å². The number of aliphatic hydroxyl groups is 1. The third kappa shape index (κ3) is 2.76. The lowest BCUT2D eigenvalue weighted by molar-refractivity contribution is 0.167. The van der Waals surface area contributed by atoms with Gasteiger partial charge in [0.05, 0.1) is 11.9 Å². The maximum absolute atomic E-state index is 10.3. The molecule has 1 aromatic heterocycles. The van der Waals surface area contributed by atoms with Crippen molar-refractivity contribution in [2.45, 2.75) is 39.8 Å². The zero-order chi connectivity index (χ0) is 13.1. The fraction of sp³-hybridized carbons (Fsp3) is 0.429. The third-order valence-electron chi connectivity index (χ3n) is 3.00. The molecule has 1 aromatic carbocycles. The third-order valence-corrected chi connectivity index (χ3v) is 3.00. The smallest absolute Gasteiger partial charge is 0.101 e. The van der Waals surface area contributed by atoms with Crippen molar-refractivity contribution in [3.8, 4) is 0 Å². The Bertz CT molecular complexity index is 513. The molecule has 0 fully saturated rings. The summed E-state index contributed by atoms with van der Waals surface area (Å²) in [7, 11) is 0. The largest absolute Gasteiger partial charge is 0.386 e. The molecule has 1 atom stereocenters. The minimum atomic E-state index is -0.554. The molecule has 0 saturated carbocycles. The van der Waals surface area contributed by atoms with Crippen LogP contribution in [-0.4, -0.2) is 20.1 Å². The van der Waals surface area contributed by atoms with Crippen molar-refractivity contribution >= 4 is 0 Å². The molecule has 0 saturated heterocycles. The molecule has 2 rings (SSSR count). The van der Waals surface area contributed by atoms with Gasteiger partial charge in [-0.2, -0.15) is 0 Å². The zero-order valence-electron chi connectivity index (χ0n) is 11.1. The fourth-order valence-corrected chi connectivity index (χ4v) is 2.28. The number of hydrogen-bond acceptors (Lipinski definition) is 3. The molecule has 1 unspecified atom stereocenters. The number of aliphatic hydroxyl groups excluding tert-OH is 1. The second kappa shape index (κ2) is 5.31. The fourth-order valence-electron chi connectivity index (χ4n) is 2.28. The van der Waals surface area contributed by atoms with Gasteiger partial charge in [0.1, 0.15) is 6.10 Å². The monoisotopic (exact) mass is 245 g/mol. The highest BCUT2D eigenvalue weighted by Gasteiger charge is 2.14. The van der Waals surface area contributed by atoms with Gasteiger partial charge in [0.15, 0.2) is 0 Å². The van der Waals surface area contributed by atoms with Gasteiger partial charge >= 0.3 is 0 Å². The highest BCUT2D eigenvalue weighted by molar-refractivity contribution is 5.29. The van der Waals surface area contributed by atoms with E-state index < -0.39 is 6.10 Å². The average Bonchev–Trinajstić information content (AvgIpc) is 2.75. The molecule has 18 heavy (non-hydrogen) atoms. The Morgan fingerprint density at radius 1 is 1.22 bits per heavy atom. The Morgan fingerprint density at radius 2 is 1.89 bits per heavy atom. The number of aromatic nitrogens is 3. The molecule has 0 aliphatic rings. The molecule has 0 radical (unpaired) electrons. The lowest BCUT2D eigenvalue weighted by Gasteiger charge is -2.12. The molecule has 0 bridgehead atoms. The van der Waals surface area contributed by atoms with Gasteiger partial charge in [-0.3, -0.25) is 0 Å². The van der Waals surface area contributed by atoms with Gasteiger partial charge in [0.2, 0.25) is 0 Å². The van der Waals surface area contributed by atoms with Crippen molar-refractivity contribution in [1.82, 2.24) is 15.0 Å². The first-order valence-electron chi connectivity index (χ1n) is 6.23. The van der Waals surface area contributed by atoms with Crippen LogP contribution in [0.5, 0.6) is 0 Å². The molecule has 0 spiro atoms. The first-order chi connectivity index (χ1) is 8.60. The SMILES string of the molecule is CCn1nncc1C(O)Cc1cc(C)cc(C)c1. The molecule has 4 heteroatoms. The van der Waals surface area contributed by atoms with E-state index in [9.17, 15) is 5.11 Å². The summed E-state index contributed by atoms with van der Waals surface area (Å²) < 4.78 is 1.73. The van der Waals surface area contributed by atoms with E-state index >= 15 is 0 Å². The summed E-state index contributed by atoms with van der Waals surface area (Å²) in [5.41, 5.74) is 4.36. The van der Waals surface area contributed by atoms with Crippen molar-refractivity contribution in [2.75, 3.05) is 0 Å². The second-order valence-electron chi connectivity index (χ2n) is 4.69. The highest BCUT2D eigenvalue weighted by atomic mass is 16.3. The van der Waals surface area contributed by atoms with Crippen LogP contribution in [0.25, 0.3) is 0 Å². The zero-order valence-corrected chi connectivity index (χ0v) is 11.1. The molecule has 1 N–H and O–H groups in total.